The predicted molar refractivity (Wildman–Crippen MR) is 79.3 cm³/mol. The average molecular weight is 301 g/mol. The molecule has 0 aliphatic rings. The van der Waals surface area contributed by atoms with Crippen molar-refractivity contribution in [1.82, 2.24) is 9.71 Å². The second kappa shape index (κ2) is 7.01. The first-order valence-corrected chi connectivity index (χ1v) is 8.12. The van der Waals surface area contributed by atoms with Gasteiger partial charge in [0.2, 0.25) is 10.0 Å². The van der Waals surface area contributed by atoms with Gasteiger partial charge in [0.05, 0.1) is 10.5 Å². The van der Waals surface area contributed by atoms with E-state index in [1.54, 1.807) is 0 Å². The zero-order valence-electron chi connectivity index (χ0n) is 12.4. The van der Waals surface area contributed by atoms with Crippen LogP contribution in [0.3, 0.4) is 0 Å². The van der Waals surface area contributed by atoms with Gasteiger partial charge in [0, 0.05) is 32.0 Å². The topological polar surface area (TPSA) is 80.3 Å². The molecule has 1 rings (SSSR count). The van der Waals surface area contributed by atoms with E-state index in [2.05, 4.69) is 15.0 Å². The van der Waals surface area contributed by atoms with Crippen LogP contribution >= 0.6 is 0 Å². The summed E-state index contributed by atoms with van der Waals surface area (Å²) in [5.41, 5.74) is -0.542. The minimum Gasteiger partial charge on any atom is -0.375 e. The largest absolute Gasteiger partial charge is 0.375 e. The molecule has 0 atom stereocenters. The molecule has 1 aromatic heterocycles. The van der Waals surface area contributed by atoms with Crippen molar-refractivity contribution in [3.63, 3.8) is 0 Å². The molecule has 20 heavy (non-hydrogen) atoms. The maximum Gasteiger partial charge on any atom is 0.240 e. The first-order chi connectivity index (χ1) is 9.30. The minimum atomic E-state index is -3.56. The molecule has 0 aliphatic heterocycles. The van der Waals surface area contributed by atoms with Gasteiger partial charge >= 0.3 is 0 Å². The first-order valence-electron chi connectivity index (χ1n) is 6.64. The fourth-order valence-corrected chi connectivity index (χ4v) is 2.86. The van der Waals surface area contributed by atoms with Crippen LogP contribution in [0.2, 0.25) is 0 Å². The van der Waals surface area contributed by atoms with Crippen molar-refractivity contribution in [3.05, 3.63) is 18.3 Å². The smallest absolute Gasteiger partial charge is 0.240 e. The average Bonchev–Trinajstić information content (AvgIpc) is 2.38. The van der Waals surface area contributed by atoms with Gasteiger partial charge in [0.25, 0.3) is 0 Å². The molecule has 6 nitrogen and oxygen atoms in total. The number of pyridine rings is 1. The Morgan fingerprint density at radius 3 is 2.65 bits per heavy atom. The molecule has 0 spiro atoms. The number of rotatable bonds is 8. The van der Waals surface area contributed by atoms with E-state index >= 15 is 0 Å². The molecule has 0 saturated heterocycles. The molecule has 0 amide bonds. The lowest BCUT2D eigenvalue weighted by Crippen LogP contribution is -2.40. The van der Waals surface area contributed by atoms with Crippen molar-refractivity contribution in [2.45, 2.75) is 38.2 Å². The van der Waals surface area contributed by atoms with Gasteiger partial charge in [-0.25, -0.2) is 18.1 Å². The number of hydrogen-bond acceptors (Lipinski definition) is 5. The Kier molecular flexibility index (Phi) is 5.91. The highest BCUT2D eigenvalue weighted by Crippen LogP contribution is 2.14. The highest BCUT2D eigenvalue weighted by Gasteiger charge is 2.22. The number of hydrogen-bond donors (Lipinski definition) is 2. The van der Waals surface area contributed by atoms with Gasteiger partial charge in [-0.15, -0.1) is 0 Å². The lowest BCUT2D eigenvalue weighted by atomic mass is 10.1. The van der Waals surface area contributed by atoms with Crippen LogP contribution in [0.4, 0.5) is 5.82 Å². The Balaban J connectivity index is 2.81. The van der Waals surface area contributed by atoms with Gasteiger partial charge in [-0.1, -0.05) is 0 Å². The van der Waals surface area contributed by atoms with Gasteiger partial charge in [0.15, 0.2) is 0 Å². The van der Waals surface area contributed by atoms with Crippen LogP contribution in [0.15, 0.2) is 23.2 Å². The fourth-order valence-electron chi connectivity index (χ4n) is 1.65. The number of nitrogens with one attached hydrogen (secondary N) is 2. The summed E-state index contributed by atoms with van der Waals surface area (Å²) in [6.45, 7) is 8.91. The number of anilines is 1. The molecule has 114 valence electrons. The fraction of sp³-hybridized carbons (Fsp3) is 0.615. The Bertz CT molecular complexity index is 529. The first kappa shape index (κ1) is 16.9. The Hall–Kier alpha value is -1.18. The summed E-state index contributed by atoms with van der Waals surface area (Å²) < 4.78 is 32.5. The number of ether oxygens (including phenoxy) is 1. The quantitative estimate of drug-likeness (QED) is 0.762. The third-order valence-corrected chi connectivity index (χ3v) is 4.02. The predicted octanol–water partition coefficient (Wildman–Crippen LogP) is 1.61. The lowest BCUT2D eigenvalue weighted by molar-refractivity contribution is -0.00514. The van der Waals surface area contributed by atoms with Crippen molar-refractivity contribution in [1.29, 1.82) is 0 Å². The maximum atomic E-state index is 12.2. The van der Waals surface area contributed by atoms with Gasteiger partial charge in [-0.2, -0.15) is 0 Å². The number of aromatic nitrogens is 1. The van der Waals surface area contributed by atoms with E-state index in [0.29, 0.717) is 19.0 Å². The summed E-state index contributed by atoms with van der Waals surface area (Å²) in [5, 5.41) is 2.98. The van der Waals surface area contributed by atoms with Gasteiger partial charge in [-0.05, 0) is 33.8 Å². The van der Waals surface area contributed by atoms with E-state index in [0.717, 1.165) is 0 Å². The van der Waals surface area contributed by atoms with E-state index in [-0.39, 0.29) is 11.4 Å². The van der Waals surface area contributed by atoms with Crippen molar-refractivity contribution in [2.24, 2.45) is 0 Å². The molecule has 0 radical (unpaired) electrons. The zero-order chi connectivity index (χ0) is 15.2. The van der Waals surface area contributed by atoms with Crippen molar-refractivity contribution in [3.8, 4) is 0 Å². The van der Waals surface area contributed by atoms with Crippen molar-refractivity contribution >= 4 is 15.8 Å². The van der Waals surface area contributed by atoms with Crippen LogP contribution < -0.4 is 10.0 Å². The van der Waals surface area contributed by atoms with Gasteiger partial charge in [-0.3, -0.25) is 0 Å². The normalized spacial score (nSPS) is 12.4. The third kappa shape index (κ3) is 5.07. The van der Waals surface area contributed by atoms with Crippen LogP contribution in [0, 0.1) is 0 Å². The summed E-state index contributed by atoms with van der Waals surface area (Å²) in [5.74, 6) is 0.541. The highest BCUT2D eigenvalue weighted by molar-refractivity contribution is 7.89. The van der Waals surface area contributed by atoms with Crippen molar-refractivity contribution in [2.75, 3.05) is 25.0 Å². The Morgan fingerprint density at radius 2 is 2.05 bits per heavy atom. The number of sulfonamides is 1. The molecular formula is C13H23N3O3S. The summed E-state index contributed by atoms with van der Waals surface area (Å²) in [6.07, 6.45) is 1.47. The van der Waals surface area contributed by atoms with E-state index in [1.807, 2.05) is 27.7 Å². The van der Waals surface area contributed by atoms with Gasteiger partial charge < -0.3 is 10.1 Å². The van der Waals surface area contributed by atoms with Crippen LogP contribution in [-0.2, 0) is 14.8 Å². The Morgan fingerprint density at radius 1 is 1.35 bits per heavy atom. The summed E-state index contributed by atoms with van der Waals surface area (Å²) in [6, 6.07) is 2.98. The van der Waals surface area contributed by atoms with E-state index in [1.165, 1.54) is 18.3 Å². The SMILES string of the molecule is CCNc1cc(S(=O)(=O)NCC(C)(C)OCC)ccn1. The zero-order valence-corrected chi connectivity index (χ0v) is 13.3. The molecule has 0 unspecified atom stereocenters. The molecule has 0 aromatic carbocycles. The maximum absolute atomic E-state index is 12.2. The summed E-state index contributed by atoms with van der Waals surface area (Å²) in [4.78, 5) is 4.24. The van der Waals surface area contributed by atoms with E-state index < -0.39 is 15.6 Å². The van der Waals surface area contributed by atoms with Crippen LogP contribution in [0.5, 0.6) is 0 Å². The van der Waals surface area contributed by atoms with Crippen molar-refractivity contribution < 1.29 is 13.2 Å². The van der Waals surface area contributed by atoms with Crippen LogP contribution in [0.25, 0.3) is 0 Å². The Labute approximate surface area is 121 Å². The second-order valence-corrected chi connectivity index (χ2v) is 6.69. The molecule has 2 N–H and O–H groups in total. The van der Waals surface area contributed by atoms with E-state index in [9.17, 15) is 8.42 Å². The summed E-state index contributed by atoms with van der Waals surface area (Å²) >= 11 is 0. The highest BCUT2D eigenvalue weighted by atomic mass is 32.2. The number of nitrogens with zero attached hydrogens (tertiary/aromatic N) is 1. The molecule has 0 saturated carbocycles. The van der Waals surface area contributed by atoms with Crippen LogP contribution in [-0.4, -0.2) is 38.7 Å². The minimum absolute atomic E-state index is 0.191. The molecule has 7 heteroatoms. The monoisotopic (exact) mass is 301 g/mol. The second-order valence-electron chi connectivity index (χ2n) is 4.92. The molecule has 0 aliphatic carbocycles. The summed E-state index contributed by atoms with van der Waals surface area (Å²) in [7, 11) is -3.56. The lowest BCUT2D eigenvalue weighted by Gasteiger charge is -2.24. The van der Waals surface area contributed by atoms with Gasteiger partial charge in [0.1, 0.15) is 5.82 Å². The van der Waals surface area contributed by atoms with E-state index in [4.69, 9.17) is 4.74 Å². The molecule has 1 aromatic rings. The molecular weight excluding hydrogens is 278 g/mol. The third-order valence-electron chi connectivity index (χ3n) is 2.62. The van der Waals surface area contributed by atoms with Crippen LogP contribution in [0.1, 0.15) is 27.7 Å². The molecule has 0 fully saturated rings. The standard InChI is InChI=1S/C13H23N3O3S/c1-5-14-12-9-11(7-8-15-12)20(17,18)16-10-13(3,4)19-6-2/h7-9,16H,5-6,10H2,1-4H3,(H,14,15). The molecule has 1 heterocycles. The molecule has 0 bridgehead atoms.